The normalized spacial score (nSPS) is 10.1. The van der Waals surface area contributed by atoms with Gasteiger partial charge in [-0.15, -0.1) is 0 Å². The lowest BCUT2D eigenvalue weighted by Crippen LogP contribution is -2.26. The molecule has 0 atom stereocenters. The molecule has 1 heterocycles. The summed E-state index contributed by atoms with van der Waals surface area (Å²) >= 11 is 0. The fourth-order valence-electron chi connectivity index (χ4n) is 0.647. The van der Waals surface area contributed by atoms with Gasteiger partial charge in [-0.25, -0.2) is 10.3 Å². The summed E-state index contributed by atoms with van der Waals surface area (Å²) in [5, 5.41) is 0. The first-order valence-electron chi connectivity index (χ1n) is 3.35. The van der Waals surface area contributed by atoms with Crippen LogP contribution in [0.25, 0.3) is 0 Å². The van der Waals surface area contributed by atoms with Gasteiger partial charge in [-0.2, -0.15) is 8.78 Å². The van der Waals surface area contributed by atoms with Crippen molar-refractivity contribution in [2.75, 3.05) is 0 Å². The molecular weight excluding hydrogens is 182 g/mol. The Morgan fingerprint density at radius 3 is 2.85 bits per heavy atom. The monoisotopic (exact) mass is 188 g/mol. The van der Waals surface area contributed by atoms with Crippen LogP contribution in [-0.4, -0.2) is 17.5 Å². The first-order valence-corrected chi connectivity index (χ1v) is 3.35. The van der Waals surface area contributed by atoms with Crippen molar-refractivity contribution < 1.29 is 18.4 Å². The van der Waals surface area contributed by atoms with Crippen molar-refractivity contribution in [3.8, 4) is 0 Å². The van der Waals surface area contributed by atoms with Crippen LogP contribution in [0.5, 0.6) is 0 Å². The van der Waals surface area contributed by atoms with Crippen molar-refractivity contribution in [1.29, 1.82) is 0 Å². The number of rotatable bonds is 3. The molecule has 4 nitrogen and oxygen atoms in total. The van der Waals surface area contributed by atoms with Crippen LogP contribution in [0, 0.1) is 0 Å². The third kappa shape index (κ3) is 3.12. The molecule has 0 saturated carbocycles. The highest BCUT2D eigenvalue weighted by Crippen LogP contribution is 1.95. The Kier molecular flexibility index (Phi) is 3.27. The number of carbonyl (C=O) groups is 1. The lowest BCUT2D eigenvalue weighted by atomic mass is 10.3. The van der Waals surface area contributed by atoms with Crippen LogP contribution in [0.2, 0.25) is 0 Å². The molecule has 0 unspecified atom stereocenters. The first-order chi connectivity index (χ1) is 6.20. The highest BCUT2D eigenvalue weighted by molar-refractivity contribution is 5.91. The summed E-state index contributed by atoms with van der Waals surface area (Å²) in [5.41, 5.74) is 1.56. The third-order valence-corrected chi connectivity index (χ3v) is 1.14. The molecule has 0 fully saturated rings. The summed E-state index contributed by atoms with van der Waals surface area (Å²) in [6, 6.07) is 4.54. The zero-order valence-corrected chi connectivity index (χ0v) is 6.41. The predicted molar refractivity (Wildman–Crippen MR) is 38.8 cm³/mol. The van der Waals surface area contributed by atoms with Crippen molar-refractivity contribution in [3.05, 3.63) is 30.1 Å². The number of hydrogen-bond acceptors (Lipinski definition) is 3. The van der Waals surface area contributed by atoms with Crippen molar-refractivity contribution in [2.45, 2.75) is 6.61 Å². The van der Waals surface area contributed by atoms with E-state index in [9.17, 15) is 13.6 Å². The lowest BCUT2D eigenvalue weighted by Gasteiger charge is -2.02. The van der Waals surface area contributed by atoms with Gasteiger partial charge in [0.2, 0.25) is 0 Å². The molecule has 0 aliphatic heterocycles. The van der Waals surface area contributed by atoms with E-state index < -0.39 is 12.5 Å². The predicted octanol–water partition coefficient (Wildman–Crippen LogP) is 0.966. The SMILES string of the molecule is O=C(NOC(F)F)c1ccccn1. The van der Waals surface area contributed by atoms with E-state index >= 15 is 0 Å². The first kappa shape index (κ1) is 9.53. The third-order valence-electron chi connectivity index (χ3n) is 1.14. The van der Waals surface area contributed by atoms with Crippen LogP contribution in [0.1, 0.15) is 10.5 Å². The molecule has 1 aromatic rings. The van der Waals surface area contributed by atoms with Crippen LogP contribution in [0.3, 0.4) is 0 Å². The minimum Gasteiger partial charge on any atom is -0.265 e. The van der Waals surface area contributed by atoms with Crippen LogP contribution in [0.4, 0.5) is 8.78 Å². The number of aromatic nitrogens is 1. The van der Waals surface area contributed by atoms with E-state index in [0.29, 0.717) is 0 Å². The fraction of sp³-hybridized carbons (Fsp3) is 0.143. The molecule has 0 aromatic carbocycles. The number of nitrogens with zero attached hydrogens (tertiary/aromatic N) is 1. The van der Waals surface area contributed by atoms with E-state index in [1.165, 1.54) is 12.3 Å². The summed E-state index contributed by atoms with van der Waals surface area (Å²) in [5.74, 6) is -0.805. The number of pyridine rings is 1. The molecule has 0 aliphatic carbocycles. The maximum absolute atomic E-state index is 11.5. The summed E-state index contributed by atoms with van der Waals surface area (Å²) < 4.78 is 22.9. The molecule has 0 aliphatic rings. The van der Waals surface area contributed by atoms with Crippen LogP contribution in [0.15, 0.2) is 24.4 Å². The molecule has 0 saturated heterocycles. The molecule has 70 valence electrons. The molecule has 1 N–H and O–H groups in total. The number of hydrogen-bond donors (Lipinski definition) is 1. The second kappa shape index (κ2) is 4.46. The Bertz CT molecular complexity index is 279. The van der Waals surface area contributed by atoms with Crippen molar-refractivity contribution in [3.63, 3.8) is 0 Å². The summed E-state index contributed by atoms with van der Waals surface area (Å²) in [7, 11) is 0. The Balaban J connectivity index is 2.50. The Morgan fingerprint density at radius 2 is 2.31 bits per heavy atom. The molecule has 0 bridgehead atoms. The second-order valence-electron chi connectivity index (χ2n) is 2.02. The van der Waals surface area contributed by atoms with Gasteiger partial charge < -0.3 is 0 Å². The average molecular weight is 188 g/mol. The number of carbonyl (C=O) groups excluding carboxylic acids is 1. The van der Waals surface area contributed by atoms with Gasteiger partial charge in [0, 0.05) is 6.20 Å². The van der Waals surface area contributed by atoms with Gasteiger partial charge in [0.1, 0.15) is 5.69 Å². The van der Waals surface area contributed by atoms with Gasteiger partial charge in [0.25, 0.3) is 5.91 Å². The van der Waals surface area contributed by atoms with E-state index in [-0.39, 0.29) is 5.69 Å². The van der Waals surface area contributed by atoms with Crippen molar-refractivity contribution in [1.82, 2.24) is 10.5 Å². The second-order valence-corrected chi connectivity index (χ2v) is 2.02. The maximum atomic E-state index is 11.5. The highest BCUT2D eigenvalue weighted by Gasteiger charge is 2.08. The van der Waals surface area contributed by atoms with E-state index in [4.69, 9.17) is 0 Å². The quantitative estimate of drug-likeness (QED) is 0.719. The largest absolute Gasteiger partial charge is 0.364 e. The van der Waals surface area contributed by atoms with Gasteiger partial charge in [0.15, 0.2) is 0 Å². The topological polar surface area (TPSA) is 51.2 Å². The average Bonchev–Trinajstić information content (AvgIpc) is 2.15. The number of halogens is 2. The van der Waals surface area contributed by atoms with Crippen LogP contribution in [-0.2, 0) is 4.84 Å². The van der Waals surface area contributed by atoms with Gasteiger partial charge in [-0.3, -0.25) is 9.78 Å². The van der Waals surface area contributed by atoms with Crippen LogP contribution >= 0.6 is 0 Å². The zero-order chi connectivity index (χ0) is 9.68. The van der Waals surface area contributed by atoms with Gasteiger partial charge >= 0.3 is 6.61 Å². The minimum atomic E-state index is -3.03. The molecule has 0 spiro atoms. The van der Waals surface area contributed by atoms with E-state index in [0.717, 1.165) is 0 Å². The van der Waals surface area contributed by atoms with Crippen molar-refractivity contribution in [2.24, 2.45) is 0 Å². The Morgan fingerprint density at radius 1 is 1.54 bits per heavy atom. The minimum absolute atomic E-state index is 0.0168. The number of amides is 1. The Hall–Kier alpha value is -1.56. The van der Waals surface area contributed by atoms with E-state index in [1.54, 1.807) is 17.6 Å². The fourth-order valence-corrected chi connectivity index (χ4v) is 0.647. The van der Waals surface area contributed by atoms with E-state index in [1.807, 2.05) is 0 Å². The van der Waals surface area contributed by atoms with E-state index in [2.05, 4.69) is 9.82 Å². The summed E-state index contributed by atoms with van der Waals surface area (Å²) in [4.78, 5) is 18.1. The number of alkyl halides is 2. The van der Waals surface area contributed by atoms with Crippen LogP contribution < -0.4 is 5.48 Å². The van der Waals surface area contributed by atoms with Gasteiger partial charge in [-0.1, -0.05) is 6.07 Å². The number of nitrogens with one attached hydrogen (secondary N) is 1. The maximum Gasteiger partial charge on any atom is 0.364 e. The molecule has 13 heavy (non-hydrogen) atoms. The molecular formula is C7H6F2N2O2. The summed E-state index contributed by atoms with van der Waals surface area (Å²) in [6.07, 6.45) is 1.37. The lowest BCUT2D eigenvalue weighted by molar-refractivity contribution is -0.161. The Labute approximate surface area is 72.5 Å². The smallest absolute Gasteiger partial charge is 0.265 e. The molecule has 1 rings (SSSR count). The summed E-state index contributed by atoms with van der Waals surface area (Å²) in [6.45, 7) is -3.03. The molecule has 0 radical (unpaired) electrons. The molecule has 1 amide bonds. The van der Waals surface area contributed by atoms with Gasteiger partial charge in [0.05, 0.1) is 0 Å². The molecule has 6 heteroatoms. The van der Waals surface area contributed by atoms with Gasteiger partial charge in [-0.05, 0) is 12.1 Å². The standard InChI is InChI=1S/C7H6F2N2O2/c8-7(9)13-11-6(12)5-3-1-2-4-10-5/h1-4,7H,(H,11,12). The zero-order valence-electron chi connectivity index (χ0n) is 6.41. The van der Waals surface area contributed by atoms with Crippen molar-refractivity contribution >= 4 is 5.91 Å². The highest BCUT2D eigenvalue weighted by atomic mass is 19.3. The number of hydroxylamine groups is 1. The molecule has 1 aromatic heterocycles.